The van der Waals surface area contributed by atoms with Crippen molar-refractivity contribution in [3.05, 3.63) is 29.4 Å². The predicted octanol–water partition coefficient (Wildman–Crippen LogP) is 2.06. The van der Waals surface area contributed by atoms with Crippen LogP contribution in [0.25, 0.3) is 11.4 Å². The monoisotopic (exact) mass is 189 g/mol. The summed E-state index contributed by atoms with van der Waals surface area (Å²) >= 11 is 0. The number of aryl methyl sites for hydroxylation is 3. The highest BCUT2D eigenvalue weighted by atomic mass is 16.5. The second-order valence-electron chi connectivity index (χ2n) is 3.29. The SMILES string of the molecule is Cc1nc(-c2c(C)cncc2C)no1. The van der Waals surface area contributed by atoms with E-state index in [1.807, 2.05) is 13.8 Å². The van der Waals surface area contributed by atoms with Crippen LogP contribution in [0.15, 0.2) is 16.9 Å². The molecule has 2 rings (SSSR count). The minimum Gasteiger partial charge on any atom is -0.339 e. The lowest BCUT2D eigenvalue weighted by Crippen LogP contribution is -1.91. The van der Waals surface area contributed by atoms with Crippen molar-refractivity contribution in [2.45, 2.75) is 20.8 Å². The molecule has 0 saturated heterocycles. The summed E-state index contributed by atoms with van der Waals surface area (Å²) in [6.07, 6.45) is 3.60. The topological polar surface area (TPSA) is 51.8 Å². The van der Waals surface area contributed by atoms with Gasteiger partial charge in [-0.15, -0.1) is 0 Å². The molecule has 0 aliphatic carbocycles. The molecule has 0 radical (unpaired) electrons. The van der Waals surface area contributed by atoms with E-state index in [2.05, 4.69) is 15.1 Å². The molecule has 14 heavy (non-hydrogen) atoms. The summed E-state index contributed by atoms with van der Waals surface area (Å²) in [5.74, 6) is 1.22. The van der Waals surface area contributed by atoms with Gasteiger partial charge in [-0.1, -0.05) is 5.16 Å². The van der Waals surface area contributed by atoms with Gasteiger partial charge in [-0.2, -0.15) is 4.98 Å². The van der Waals surface area contributed by atoms with Gasteiger partial charge in [0.15, 0.2) is 0 Å². The van der Waals surface area contributed by atoms with Gasteiger partial charge in [0.2, 0.25) is 11.7 Å². The third-order valence-electron chi connectivity index (χ3n) is 2.08. The maximum atomic E-state index is 4.95. The van der Waals surface area contributed by atoms with Crippen LogP contribution in [0.1, 0.15) is 17.0 Å². The third-order valence-corrected chi connectivity index (χ3v) is 2.08. The Morgan fingerprint density at radius 2 is 1.71 bits per heavy atom. The number of hydrogen-bond acceptors (Lipinski definition) is 4. The van der Waals surface area contributed by atoms with Gasteiger partial charge in [0.05, 0.1) is 0 Å². The zero-order valence-corrected chi connectivity index (χ0v) is 8.40. The summed E-state index contributed by atoms with van der Waals surface area (Å²) in [4.78, 5) is 8.29. The van der Waals surface area contributed by atoms with Crippen molar-refractivity contribution >= 4 is 0 Å². The molecule has 4 heteroatoms. The fourth-order valence-corrected chi connectivity index (χ4v) is 1.45. The molecule has 4 nitrogen and oxygen atoms in total. The van der Waals surface area contributed by atoms with Crippen molar-refractivity contribution in [1.82, 2.24) is 15.1 Å². The van der Waals surface area contributed by atoms with Gasteiger partial charge in [-0.05, 0) is 25.0 Å². The van der Waals surface area contributed by atoms with Gasteiger partial charge in [-0.3, -0.25) is 4.98 Å². The Kier molecular flexibility index (Phi) is 2.04. The van der Waals surface area contributed by atoms with Crippen LogP contribution < -0.4 is 0 Å². The standard InChI is InChI=1S/C10H11N3O/c1-6-4-11-5-7(2)9(6)10-12-8(3)14-13-10/h4-5H,1-3H3. The molecular weight excluding hydrogens is 178 g/mol. The lowest BCUT2D eigenvalue weighted by molar-refractivity contribution is 0.394. The van der Waals surface area contributed by atoms with Gasteiger partial charge >= 0.3 is 0 Å². The molecule has 2 aromatic heterocycles. The minimum atomic E-state index is 0.579. The number of nitrogens with zero attached hydrogens (tertiary/aromatic N) is 3. The molecule has 0 atom stereocenters. The van der Waals surface area contributed by atoms with Crippen molar-refractivity contribution in [1.29, 1.82) is 0 Å². The zero-order chi connectivity index (χ0) is 10.1. The molecule has 0 amide bonds. The van der Waals surface area contributed by atoms with Crippen LogP contribution in [-0.4, -0.2) is 15.1 Å². The summed E-state index contributed by atoms with van der Waals surface area (Å²) < 4.78 is 4.95. The van der Waals surface area contributed by atoms with E-state index in [1.165, 1.54) is 0 Å². The highest BCUT2D eigenvalue weighted by molar-refractivity contribution is 5.62. The fourth-order valence-electron chi connectivity index (χ4n) is 1.45. The van der Waals surface area contributed by atoms with Crippen LogP contribution in [0.5, 0.6) is 0 Å². The molecule has 0 aliphatic rings. The van der Waals surface area contributed by atoms with E-state index in [1.54, 1.807) is 19.3 Å². The Balaban J connectivity index is 2.61. The number of pyridine rings is 1. The average Bonchev–Trinajstić information content (AvgIpc) is 2.51. The largest absolute Gasteiger partial charge is 0.339 e. The van der Waals surface area contributed by atoms with E-state index < -0.39 is 0 Å². The molecule has 0 saturated carbocycles. The zero-order valence-electron chi connectivity index (χ0n) is 8.40. The number of aromatic nitrogens is 3. The van der Waals surface area contributed by atoms with E-state index in [0.29, 0.717) is 11.7 Å². The first kappa shape index (κ1) is 8.87. The van der Waals surface area contributed by atoms with Crippen LogP contribution in [-0.2, 0) is 0 Å². The molecule has 2 heterocycles. The van der Waals surface area contributed by atoms with Gasteiger partial charge in [0.1, 0.15) is 0 Å². The van der Waals surface area contributed by atoms with E-state index in [9.17, 15) is 0 Å². The van der Waals surface area contributed by atoms with E-state index >= 15 is 0 Å². The maximum absolute atomic E-state index is 4.95. The average molecular weight is 189 g/mol. The van der Waals surface area contributed by atoms with Gasteiger partial charge < -0.3 is 4.52 Å². The molecule has 0 aliphatic heterocycles. The molecule has 0 N–H and O–H groups in total. The first-order valence-corrected chi connectivity index (χ1v) is 4.40. The normalized spacial score (nSPS) is 10.5. The molecule has 2 aromatic rings. The lowest BCUT2D eigenvalue weighted by atomic mass is 10.1. The van der Waals surface area contributed by atoms with Crippen molar-refractivity contribution in [2.75, 3.05) is 0 Å². The van der Waals surface area contributed by atoms with E-state index in [-0.39, 0.29) is 0 Å². The number of hydrogen-bond donors (Lipinski definition) is 0. The molecule has 0 fully saturated rings. The molecular formula is C10H11N3O. The van der Waals surface area contributed by atoms with Crippen LogP contribution in [0.3, 0.4) is 0 Å². The lowest BCUT2D eigenvalue weighted by Gasteiger charge is -2.02. The first-order chi connectivity index (χ1) is 6.68. The Hall–Kier alpha value is -1.71. The van der Waals surface area contributed by atoms with Crippen molar-refractivity contribution in [3.8, 4) is 11.4 Å². The van der Waals surface area contributed by atoms with Crippen LogP contribution in [0.4, 0.5) is 0 Å². The second kappa shape index (κ2) is 3.21. The van der Waals surface area contributed by atoms with Gasteiger partial charge in [-0.25, -0.2) is 0 Å². The Morgan fingerprint density at radius 3 is 2.21 bits per heavy atom. The fraction of sp³-hybridized carbons (Fsp3) is 0.300. The molecule has 72 valence electrons. The summed E-state index contributed by atoms with van der Waals surface area (Å²) in [6, 6.07) is 0. The van der Waals surface area contributed by atoms with Crippen LogP contribution in [0.2, 0.25) is 0 Å². The van der Waals surface area contributed by atoms with Crippen molar-refractivity contribution in [3.63, 3.8) is 0 Å². The summed E-state index contributed by atoms with van der Waals surface area (Å²) in [5.41, 5.74) is 3.13. The second-order valence-corrected chi connectivity index (χ2v) is 3.29. The van der Waals surface area contributed by atoms with Gasteiger partial charge in [0.25, 0.3) is 0 Å². The van der Waals surface area contributed by atoms with Crippen LogP contribution >= 0.6 is 0 Å². The minimum absolute atomic E-state index is 0.579. The quantitative estimate of drug-likeness (QED) is 0.689. The maximum Gasteiger partial charge on any atom is 0.223 e. The van der Waals surface area contributed by atoms with Crippen LogP contribution in [0, 0.1) is 20.8 Å². The number of rotatable bonds is 1. The molecule has 0 spiro atoms. The van der Waals surface area contributed by atoms with E-state index in [0.717, 1.165) is 16.7 Å². The predicted molar refractivity (Wildman–Crippen MR) is 51.7 cm³/mol. The highest BCUT2D eigenvalue weighted by Crippen LogP contribution is 2.22. The summed E-state index contributed by atoms with van der Waals surface area (Å²) in [6.45, 7) is 5.75. The Bertz CT molecular complexity index is 442. The molecule has 0 bridgehead atoms. The molecule has 0 aromatic carbocycles. The Labute approximate surface area is 82.0 Å². The Morgan fingerprint density at radius 1 is 1.07 bits per heavy atom. The first-order valence-electron chi connectivity index (χ1n) is 4.40. The van der Waals surface area contributed by atoms with Crippen molar-refractivity contribution in [2.24, 2.45) is 0 Å². The smallest absolute Gasteiger partial charge is 0.223 e. The van der Waals surface area contributed by atoms with E-state index in [4.69, 9.17) is 4.52 Å². The van der Waals surface area contributed by atoms with Crippen molar-refractivity contribution < 1.29 is 4.52 Å². The van der Waals surface area contributed by atoms with Gasteiger partial charge in [0, 0.05) is 24.9 Å². The summed E-state index contributed by atoms with van der Waals surface area (Å²) in [5, 5.41) is 3.89. The highest BCUT2D eigenvalue weighted by Gasteiger charge is 2.11. The summed E-state index contributed by atoms with van der Waals surface area (Å²) in [7, 11) is 0. The third kappa shape index (κ3) is 1.39. The molecule has 0 unspecified atom stereocenters.